The molecule has 0 atom stereocenters. The Bertz CT molecular complexity index is 397. The van der Waals surface area contributed by atoms with Gasteiger partial charge in [0, 0.05) is 0 Å². The van der Waals surface area contributed by atoms with Crippen molar-refractivity contribution in [2.24, 2.45) is 16.5 Å². The number of benzene rings is 1. The van der Waals surface area contributed by atoms with Crippen LogP contribution in [-0.2, 0) is 6.18 Å². The molecule has 0 aliphatic rings. The van der Waals surface area contributed by atoms with Gasteiger partial charge in [-0.25, -0.2) is 4.99 Å². The first-order valence-corrected chi connectivity index (χ1v) is 4.15. The Morgan fingerprint density at radius 1 is 1.27 bits per heavy atom. The highest BCUT2D eigenvalue weighted by atomic mass is 35.5. The molecule has 1 aromatic rings. The first-order valence-electron chi connectivity index (χ1n) is 3.77. The zero-order chi connectivity index (χ0) is 11.6. The molecule has 0 spiro atoms. The van der Waals surface area contributed by atoms with Crippen LogP contribution in [-0.4, -0.2) is 5.96 Å². The third kappa shape index (κ3) is 3.02. The van der Waals surface area contributed by atoms with Gasteiger partial charge >= 0.3 is 6.18 Å². The molecule has 7 heteroatoms. The predicted octanol–water partition coefficient (Wildman–Crippen LogP) is 2.26. The number of halogens is 4. The van der Waals surface area contributed by atoms with Crippen LogP contribution < -0.4 is 11.5 Å². The molecular weight excluding hydrogens is 231 g/mol. The lowest BCUT2D eigenvalue weighted by Gasteiger charge is -2.07. The van der Waals surface area contributed by atoms with Gasteiger partial charge in [0.2, 0.25) is 0 Å². The van der Waals surface area contributed by atoms with Crippen molar-refractivity contribution in [2.45, 2.75) is 6.18 Å². The van der Waals surface area contributed by atoms with E-state index >= 15 is 0 Å². The average Bonchev–Trinajstić information content (AvgIpc) is 2.05. The fourth-order valence-electron chi connectivity index (χ4n) is 0.913. The maximum absolute atomic E-state index is 12.2. The minimum atomic E-state index is -4.43. The van der Waals surface area contributed by atoms with Crippen molar-refractivity contribution in [3.63, 3.8) is 0 Å². The van der Waals surface area contributed by atoms with E-state index in [1.165, 1.54) is 0 Å². The standard InChI is InChI=1S/C8H7ClF3N3/c9-5-3-4(8(10,11)12)1-2-6(5)15-7(13)14/h1-3H,(H4,13,14,15). The monoisotopic (exact) mass is 237 g/mol. The van der Waals surface area contributed by atoms with Crippen molar-refractivity contribution in [3.05, 3.63) is 28.8 Å². The minimum absolute atomic E-state index is 0.102. The van der Waals surface area contributed by atoms with Gasteiger partial charge in [-0.1, -0.05) is 11.6 Å². The largest absolute Gasteiger partial charge is 0.416 e. The number of nitrogens with zero attached hydrogens (tertiary/aromatic N) is 1. The summed E-state index contributed by atoms with van der Waals surface area (Å²) >= 11 is 5.56. The zero-order valence-corrected chi connectivity index (χ0v) is 8.10. The van der Waals surface area contributed by atoms with Gasteiger partial charge in [0.15, 0.2) is 5.96 Å². The summed E-state index contributed by atoms with van der Waals surface area (Å²) in [6, 6.07) is 2.72. The summed E-state index contributed by atoms with van der Waals surface area (Å²) in [4.78, 5) is 3.56. The molecule has 0 saturated heterocycles. The summed E-state index contributed by atoms with van der Waals surface area (Å²) in [5.74, 6) is -0.267. The third-order valence-corrected chi connectivity index (χ3v) is 1.83. The van der Waals surface area contributed by atoms with E-state index in [1.807, 2.05) is 0 Å². The van der Waals surface area contributed by atoms with E-state index in [0.29, 0.717) is 0 Å². The number of nitrogens with two attached hydrogens (primary N) is 2. The van der Waals surface area contributed by atoms with Crippen LogP contribution in [0.15, 0.2) is 23.2 Å². The van der Waals surface area contributed by atoms with E-state index in [2.05, 4.69) is 4.99 Å². The molecule has 0 amide bonds. The Hall–Kier alpha value is -1.43. The molecule has 0 saturated carbocycles. The molecule has 0 fully saturated rings. The van der Waals surface area contributed by atoms with Crippen LogP contribution in [0.4, 0.5) is 18.9 Å². The van der Waals surface area contributed by atoms with Gasteiger partial charge in [0.05, 0.1) is 16.3 Å². The van der Waals surface area contributed by atoms with E-state index in [9.17, 15) is 13.2 Å². The van der Waals surface area contributed by atoms with Crippen LogP contribution in [0.1, 0.15) is 5.56 Å². The lowest BCUT2D eigenvalue weighted by atomic mass is 10.2. The molecule has 1 aromatic carbocycles. The summed E-state index contributed by atoms with van der Waals surface area (Å²) in [6.07, 6.45) is -4.43. The molecule has 82 valence electrons. The van der Waals surface area contributed by atoms with Crippen molar-refractivity contribution < 1.29 is 13.2 Å². The molecule has 0 radical (unpaired) electrons. The van der Waals surface area contributed by atoms with Crippen LogP contribution in [0.25, 0.3) is 0 Å². The first kappa shape index (κ1) is 11.6. The van der Waals surface area contributed by atoms with Gasteiger partial charge in [-0.05, 0) is 18.2 Å². The van der Waals surface area contributed by atoms with Gasteiger partial charge in [0.25, 0.3) is 0 Å². The fourth-order valence-corrected chi connectivity index (χ4v) is 1.14. The average molecular weight is 238 g/mol. The van der Waals surface area contributed by atoms with Gasteiger partial charge in [0.1, 0.15) is 0 Å². The van der Waals surface area contributed by atoms with Crippen LogP contribution in [0, 0.1) is 0 Å². The Labute approximate surface area is 88.5 Å². The Balaban J connectivity index is 3.15. The highest BCUT2D eigenvalue weighted by molar-refractivity contribution is 6.33. The molecule has 0 unspecified atom stereocenters. The Morgan fingerprint density at radius 3 is 2.27 bits per heavy atom. The van der Waals surface area contributed by atoms with Crippen molar-refractivity contribution in [3.8, 4) is 0 Å². The van der Waals surface area contributed by atoms with Crippen molar-refractivity contribution in [1.82, 2.24) is 0 Å². The van der Waals surface area contributed by atoms with E-state index in [4.69, 9.17) is 23.1 Å². The van der Waals surface area contributed by atoms with Crippen molar-refractivity contribution >= 4 is 23.2 Å². The number of aliphatic imine (C=N–C) groups is 1. The van der Waals surface area contributed by atoms with Gasteiger partial charge in [-0.2, -0.15) is 13.2 Å². The van der Waals surface area contributed by atoms with Gasteiger partial charge in [-0.15, -0.1) is 0 Å². The molecule has 0 aromatic heterocycles. The maximum atomic E-state index is 12.2. The van der Waals surface area contributed by atoms with Crippen LogP contribution in [0.5, 0.6) is 0 Å². The summed E-state index contributed by atoms with van der Waals surface area (Å²) in [7, 11) is 0. The molecule has 15 heavy (non-hydrogen) atoms. The molecule has 4 N–H and O–H groups in total. The summed E-state index contributed by atoms with van der Waals surface area (Å²) in [5, 5.41) is -0.154. The second kappa shape index (κ2) is 3.98. The lowest BCUT2D eigenvalue weighted by molar-refractivity contribution is -0.137. The molecule has 0 aliphatic heterocycles. The smallest absolute Gasteiger partial charge is 0.370 e. The molecule has 0 aliphatic carbocycles. The zero-order valence-electron chi connectivity index (χ0n) is 7.35. The quantitative estimate of drug-likeness (QED) is 0.581. The van der Waals surface area contributed by atoms with E-state index in [1.54, 1.807) is 0 Å². The SMILES string of the molecule is NC(N)=Nc1ccc(C(F)(F)F)cc1Cl. The van der Waals surface area contributed by atoms with Crippen molar-refractivity contribution in [2.75, 3.05) is 0 Å². The number of hydrogen-bond acceptors (Lipinski definition) is 1. The van der Waals surface area contributed by atoms with Gasteiger partial charge in [-0.3, -0.25) is 0 Å². The van der Waals surface area contributed by atoms with Crippen LogP contribution in [0.3, 0.4) is 0 Å². The van der Waals surface area contributed by atoms with Gasteiger partial charge < -0.3 is 11.5 Å². The third-order valence-electron chi connectivity index (χ3n) is 1.52. The van der Waals surface area contributed by atoms with E-state index in [0.717, 1.165) is 18.2 Å². The van der Waals surface area contributed by atoms with Crippen molar-refractivity contribution in [1.29, 1.82) is 0 Å². The van der Waals surface area contributed by atoms with Crippen LogP contribution >= 0.6 is 11.6 Å². The second-order valence-electron chi connectivity index (χ2n) is 2.70. The predicted molar refractivity (Wildman–Crippen MR) is 51.9 cm³/mol. The van der Waals surface area contributed by atoms with E-state index in [-0.39, 0.29) is 16.7 Å². The maximum Gasteiger partial charge on any atom is 0.416 e. The highest BCUT2D eigenvalue weighted by Gasteiger charge is 2.30. The summed E-state index contributed by atoms with van der Waals surface area (Å²) in [6.45, 7) is 0. The highest BCUT2D eigenvalue weighted by Crippen LogP contribution is 2.34. The molecule has 0 bridgehead atoms. The molecular formula is C8H7ClF3N3. The number of alkyl halides is 3. The molecule has 1 rings (SSSR count). The normalized spacial score (nSPS) is 11.2. The Kier molecular flexibility index (Phi) is 3.09. The topological polar surface area (TPSA) is 64.4 Å². The number of guanidine groups is 1. The second-order valence-corrected chi connectivity index (χ2v) is 3.11. The number of hydrogen-bond donors (Lipinski definition) is 2. The molecule has 3 nitrogen and oxygen atoms in total. The minimum Gasteiger partial charge on any atom is -0.370 e. The fraction of sp³-hybridized carbons (Fsp3) is 0.125. The lowest BCUT2D eigenvalue weighted by Crippen LogP contribution is -2.21. The molecule has 0 heterocycles. The summed E-state index contributed by atoms with van der Waals surface area (Å²) in [5.41, 5.74) is 9.38. The Morgan fingerprint density at radius 2 is 1.87 bits per heavy atom. The summed E-state index contributed by atoms with van der Waals surface area (Å²) < 4.78 is 36.7. The van der Waals surface area contributed by atoms with Crippen LogP contribution in [0.2, 0.25) is 5.02 Å². The number of rotatable bonds is 1. The first-order chi connectivity index (χ1) is 6.80. The van der Waals surface area contributed by atoms with E-state index < -0.39 is 11.7 Å².